The van der Waals surface area contributed by atoms with E-state index >= 15 is 0 Å². The molecule has 0 aromatic carbocycles. The Morgan fingerprint density at radius 1 is 1.38 bits per heavy atom. The molecule has 5 nitrogen and oxygen atoms in total. The number of carbonyl (C=O) groups is 1. The van der Waals surface area contributed by atoms with E-state index in [2.05, 4.69) is 11.6 Å². The van der Waals surface area contributed by atoms with Crippen LogP contribution in [0.3, 0.4) is 0 Å². The topological polar surface area (TPSA) is 83.5 Å². The zero-order chi connectivity index (χ0) is 15.8. The monoisotopic (exact) mass is 331 g/mol. The third-order valence-electron chi connectivity index (χ3n) is 4.12. The van der Waals surface area contributed by atoms with E-state index in [1.165, 1.54) is 0 Å². The number of carboxylic acids is 1. The van der Waals surface area contributed by atoms with Gasteiger partial charge < -0.3 is 5.11 Å². The Kier molecular flexibility index (Phi) is 4.75. The maximum Gasteiger partial charge on any atom is 0.347 e. The van der Waals surface area contributed by atoms with E-state index in [9.17, 15) is 13.2 Å². The van der Waals surface area contributed by atoms with Crippen molar-refractivity contribution < 1.29 is 18.3 Å². The number of aromatic carboxylic acids is 1. The molecule has 2 rings (SSSR count). The highest BCUT2D eigenvalue weighted by atomic mass is 32.2. The van der Waals surface area contributed by atoms with E-state index in [1.54, 1.807) is 12.3 Å². The normalized spacial score (nSPS) is 26.7. The fraction of sp³-hybridized carbons (Fsp3) is 0.643. The van der Waals surface area contributed by atoms with E-state index in [4.69, 9.17) is 5.11 Å². The first-order chi connectivity index (χ1) is 9.72. The number of hydrogen-bond donors (Lipinski definition) is 2. The maximum absolute atomic E-state index is 12.6. The second-order valence-corrected chi connectivity index (χ2v) is 8.54. The van der Waals surface area contributed by atoms with Gasteiger partial charge in [0.25, 0.3) is 0 Å². The van der Waals surface area contributed by atoms with Crippen LogP contribution in [-0.4, -0.2) is 25.5 Å². The third kappa shape index (κ3) is 3.46. The molecular formula is C14H21NO4S2. The van der Waals surface area contributed by atoms with Crippen molar-refractivity contribution in [2.45, 2.75) is 51.0 Å². The van der Waals surface area contributed by atoms with Crippen molar-refractivity contribution in [1.82, 2.24) is 4.72 Å². The molecule has 3 atom stereocenters. The Labute approximate surface area is 129 Å². The summed E-state index contributed by atoms with van der Waals surface area (Å²) in [7, 11) is -3.79. The van der Waals surface area contributed by atoms with E-state index in [0.29, 0.717) is 11.5 Å². The predicted molar refractivity (Wildman–Crippen MR) is 82.3 cm³/mol. The minimum Gasteiger partial charge on any atom is -0.477 e. The number of thiophene rings is 1. The SMILES string of the molecule is Cc1csc(C(=O)O)c1S(=O)(=O)NC1CCC(C)CC1C. The summed E-state index contributed by atoms with van der Waals surface area (Å²) in [6.07, 6.45) is 2.78. The number of aryl methyl sites for hydroxylation is 1. The van der Waals surface area contributed by atoms with Gasteiger partial charge in [0.1, 0.15) is 9.77 Å². The first-order valence-corrected chi connectivity index (χ1v) is 9.42. The van der Waals surface area contributed by atoms with E-state index in [-0.39, 0.29) is 21.7 Å². The average molecular weight is 331 g/mol. The Bertz CT molecular complexity index is 635. The van der Waals surface area contributed by atoms with Gasteiger partial charge in [-0.3, -0.25) is 0 Å². The molecule has 1 fully saturated rings. The van der Waals surface area contributed by atoms with Crippen LogP contribution < -0.4 is 4.72 Å². The van der Waals surface area contributed by atoms with Gasteiger partial charge in [-0.15, -0.1) is 11.3 Å². The Hall–Kier alpha value is -0.920. The van der Waals surface area contributed by atoms with Crippen LogP contribution in [-0.2, 0) is 10.0 Å². The summed E-state index contributed by atoms with van der Waals surface area (Å²) >= 11 is 0.956. The molecule has 118 valence electrons. The molecule has 21 heavy (non-hydrogen) atoms. The highest BCUT2D eigenvalue weighted by Gasteiger charge is 2.33. The molecule has 0 spiro atoms. The number of sulfonamides is 1. The molecule has 1 saturated carbocycles. The van der Waals surface area contributed by atoms with Crippen molar-refractivity contribution >= 4 is 27.3 Å². The molecule has 2 N–H and O–H groups in total. The number of carboxylic acid groups (broad SMARTS) is 1. The van der Waals surface area contributed by atoms with Crippen molar-refractivity contribution in [2.75, 3.05) is 0 Å². The summed E-state index contributed by atoms with van der Waals surface area (Å²) in [5.41, 5.74) is 0.488. The fourth-order valence-electron chi connectivity index (χ4n) is 3.01. The van der Waals surface area contributed by atoms with Crippen LogP contribution >= 0.6 is 11.3 Å². The lowest BCUT2D eigenvalue weighted by atomic mass is 9.80. The summed E-state index contributed by atoms with van der Waals surface area (Å²) in [6, 6.07) is -0.118. The molecule has 1 aliphatic carbocycles. The smallest absolute Gasteiger partial charge is 0.347 e. The number of rotatable bonds is 4. The highest BCUT2D eigenvalue weighted by molar-refractivity contribution is 7.89. The van der Waals surface area contributed by atoms with Gasteiger partial charge in [-0.1, -0.05) is 13.8 Å². The first kappa shape index (κ1) is 16.5. The lowest BCUT2D eigenvalue weighted by Crippen LogP contribution is -2.42. The molecule has 1 heterocycles. The summed E-state index contributed by atoms with van der Waals surface area (Å²) in [5, 5.41) is 10.7. The minimum absolute atomic E-state index is 0.0779. The van der Waals surface area contributed by atoms with Gasteiger partial charge >= 0.3 is 5.97 Å². The molecule has 1 aliphatic rings. The van der Waals surface area contributed by atoms with Crippen LogP contribution in [0.15, 0.2) is 10.3 Å². The van der Waals surface area contributed by atoms with Crippen LogP contribution in [0.1, 0.15) is 48.3 Å². The molecule has 0 bridgehead atoms. The summed E-state index contributed by atoms with van der Waals surface area (Å²) in [5.74, 6) is -0.326. The van der Waals surface area contributed by atoms with Crippen molar-refractivity contribution in [1.29, 1.82) is 0 Å². The molecule has 0 radical (unpaired) electrons. The molecule has 0 aliphatic heterocycles. The Morgan fingerprint density at radius 2 is 2.05 bits per heavy atom. The molecule has 3 unspecified atom stereocenters. The second-order valence-electron chi connectivity index (χ2n) is 6.01. The standard InChI is InChI=1S/C14H21NO4S2/c1-8-4-5-11(9(2)6-8)15-21(18,19)13-10(3)7-20-12(13)14(16)17/h7-9,11,15H,4-6H2,1-3H3,(H,16,17). The summed E-state index contributed by atoms with van der Waals surface area (Å²) in [4.78, 5) is 11.0. The Balaban J connectivity index is 2.27. The van der Waals surface area contributed by atoms with Crippen molar-refractivity contribution in [2.24, 2.45) is 11.8 Å². The fourth-order valence-corrected chi connectivity index (χ4v) is 6.02. The van der Waals surface area contributed by atoms with Gasteiger partial charge in [-0.2, -0.15) is 0 Å². The zero-order valence-electron chi connectivity index (χ0n) is 12.4. The Morgan fingerprint density at radius 3 is 2.62 bits per heavy atom. The lowest BCUT2D eigenvalue weighted by Gasteiger charge is -2.32. The average Bonchev–Trinajstić information content (AvgIpc) is 2.76. The van der Waals surface area contributed by atoms with Gasteiger partial charge in [0.15, 0.2) is 0 Å². The summed E-state index contributed by atoms with van der Waals surface area (Å²) in [6.45, 7) is 5.85. The van der Waals surface area contributed by atoms with E-state index < -0.39 is 16.0 Å². The van der Waals surface area contributed by atoms with Crippen molar-refractivity contribution in [3.05, 3.63) is 15.8 Å². The van der Waals surface area contributed by atoms with Gasteiger partial charge in [0, 0.05) is 6.04 Å². The largest absolute Gasteiger partial charge is 0.477 e. The molecule has 0 saturated heterocycles. The van der Waals surface area contributed by atoms with Crippen LogP contribution in [0, 0.1) is 18.8 Å². The van der Waals surface area contributed by atoms with Crippen molar-refractivity contribution in [3.8, 4) is 0 Å². The predicted octanol–water partition coefficient (Wildman–Crippen LogP) is 2.86. The summed E-state index contributed by atoms with van der Waals surface area (Å²) < 4.78 is 27.9. The maximum atomic E-state index is 12.6. The third-order valence-corrected chi connectivity index (χ3v) is 7.01. The van der Waals surface area contributed by atoms with Crippen molar-refractivity contribution in [3.63, 3.8) is 0 Å². The number of nitrogens with one attached hydrogen (secondary N) is 1. The van der Waals surface area contributed by atoms with Gasteiger partial charge in [-0.05, 0) is 49.0 Å². The van der Waals surface area contributed by atoms with E-state index in [1.807, 2.05) is 6.92 Å². The van der Waals surface area contributed by atoms with E-state index in [0.717, 1.165) is 30.6 Å². The van der Waals surface area contributed by atoms with Crippen LogP contribution in [0.5, 0.6) is 0 Å². The molecule has 7 heteroatoms. The van der Waals surface area contributed by atoms with Crippen LogP contribution in [0.4, 0.5) is 0 Å². The minimum atomic E-state index is -3.79. The zero-order valence-corrected chi connectivity index (χ0v) is 14.1. The van der Waals surface area contributed by atoms with Crippen LogP contribution in [0.25, 0.3) is 0 Å². The quantitative estimate of drug-likeness (QED) is 0.888. The van der Waals surface area contributed by atoms with Gasteiger partial charge in [0.2, 0.25) is 10.0 Å². The molecule has 1 aromatic rings. The highest BCUT2D eigenvalue weighted by Crippen LogP contribution is 2.32. The van der Waals surface area contributed by atoms with Gasteiger partial charge in [-0.25, -0.2) is 17.9 Å². The molecule has 0 amide bonds. The number of hydrogen-bond acceptors (Lipinski definition) is 4. The van der Waals surface area contributed by atoms with Crippen LogP contribution in [0.2, 0.25) is 0 Å². The van der Waals surface area contributed by atoms with Gasteiger partial charge in [0.05, 0.1) is 0 Å². The lowest BCUT2D eigenvalue weighted by molar-refractivity contribution is 0.0698. The first-order valence-electron chi connectivity index (χ1n) is 7.06. The molecule has 1 aromatic heterocycles. The second kappa shape index (κ2) is 6.06. The molecular weight excluding hydrogens is 310 g/mol.